The van der Waals surface area contributed by atoms with Crippen LogP contribution in [0.2, 0.25) is 0 Å². The van der Waals surface area contributed by atoms with E-state index in [9.17, 15) is 13.5 Å². The highest BCUT2D eigenvalue weighted by atomic mass is 32.2. The molecule has 7 heteroatoms. The van der Waals surface area contributed by atoms with Crippen molar-refractivity contribution >= 4 is 27.2 Å². The van der Waals surface area contributed by atoms with Gasteiger partial charge in [-0.2, -0.15) is 4.31 Å². The molecule has 0 aliphatic carbocycles. The summed E-state index contributed by atoms with van der Waals surface area (Å²) < 4.78 is 25.9. The molecule has 0 spiro atoms. The number of thiocarbonyl (C=S) groups is 1. The molecule has 0 aliphatic rings. The third kappa shape index (κ3) is 3.73. The Hall–Kier alpha value is -1.02. The fraction of sp³-hybridized carbons (Fsp3) is 0.417. The minimum Gasteiger partial charge on any atom is -0.392 e. The molecular weight excluding hydrogens is 284 g/mol. The van der Waals surface area contributed by atoms with Gasteiger partial charge in [0.05, 0.1) is 11.0 Å². The molecule has 1 aromatic carbocycles. The molecule has 0 fully saturated rings. The highest BCUT2D eigenvalue weighted by Gasteiger charge is 2.24. The number of benzene rings is 1. The van der Waals surface area contributed by atoms with E-state index in [1.165, 1.54) is 20.0 Å². The lowest BCUT2D eigenvalue weighted by atomic mass is 10.1. The van der Waals surface area contributed by atoms with Gasteiger partial charge in [-0.15, -0.1) is 0 Å². The molecule has 1 unspecified atom stereocenters. The second-order valence-electron chi connectivity index (χ2n) is 4.48. The van der Waals surface area contributed by atoms with E-state index in [0.717, 1.165) is 4.31 Å². The maximum Gasteiger partial charge on any atom is 0.243 e. The van der Waals surface area contributed by atoms with Crippen molar-refractivity contribution in [1.82, 2.24) is 4.31 Å². The summed E-state index contributed by atoms with van der Waals surface area (Å²) in [5.41, 5.74) is 6.63. The van der Waals surface area contributed by atoms with Crippen LogP contribution in [0.15, 0.2) is 23.1 Å². The van der Waals surface area contributed by atoms with Crippen LogP contribution in [0.4, 0.5) is 0 Å². The second-order valence-corrected chi connectivity index (χ2v) is 6.93. The number of nitrogens with two attached hydrogens (primary N) is 1. The summed E-state index contributed by atoms with van der Waals surface area (Å²) in [6, 6.07) is 4.81. The summed E-state index contributed by atoms with van der Waals surface area (Å²) in [4.78, 5) is 0.301. The summed E-state index contributed by atoms with van der Waals surface area (Å²) in [6.45, 7) is 3.26. The van der Waals surface area contributed by atoms with Crippen molar-refractivity contribution in [3.8, 4) is 0 Å². The zero-order chi connectivity index (χ0) is 14.8. The summed E-state index contributed by atoms with van der Waals surface area (Å²) in [6.07, 6.45) is -0.737. The lowest BCUT2D eigenvalue weighted by molar-refractivity contribution is 0.171. The second kappa shape index (κ2) is 5.96. The molecule has 1 atom stereocenters. The molecule has 1 rings (SSSR count). The van der Waals surface area contributed by atoms with Gasteiger partial charge in [-0.1, -0.05) is 24.4 Å². The van der Waals surface area contributed by atoms with Gasteiger partial charge in [0.1, 0.15) is 4.99 Å². The number of rotatable bonds is 5. The summed E-state index contributed by atoms with van der Waals surface area (Å²) in [5.74, 6) is 0. The van der Waals surface area contributed by atoms with E-state index in [1.807, 2.05) is 0 Å². The molecule has 3 N–H and O–H groups in total. The first-order chi connectivity index (χ1) is 8.66. The van der Waals surface area contributed by atoms with E-state index in [1.54, 1.807) is 19.1 Å². The average Bonchev–Trinajstić information content (AvgIpc) is 2.27. The molecule has 0 heterocycles. The number of aliphatic hydroxyl groups excluding tert-OH is 1. The van der Waals surface area contributed by atoms with Gasteiger partial charge >= 0.3 is 0 Å². The van der Waals surface area contributed by atoms with Crippen LogP contribution in [-0.2, 0) is 10.0 Å². The van der Waals surface area contributed by atoms with Crippen LogP contribution < -0.4 is 5.73 Å². The predicted molar refractivity (Wildman–Crippen MR) is 78.6 cm³/mol. The van der Waals surface area contributed by atoms with Gasteiger partial charge in [-0.3, -0.25) is 0 Å². The van der Waals surface area contributed by atoms with Crippen LogP contribution in [-0.4, -0.2) is 42.5 Å². The Morgan fingerprint density at radius 3 is 2.58 bits per heavy atom. The van der Waals surface area contributed by atoms with Crippen LogP contribution >= 0.6 is 12.2 Å². The normalized spacial score (nSPS) is 13.5. The molecule has 0 bridgehead atoms. The maximum atomic E-state index is 12.4. The van der Waals surface area contributed by atoms with Crippen molar-refractivity contribution in [2.75, 3.05) is 13.6 Å². The fourth-order valence-corrected chi connectivity index (χ4v) is 3.29. The standard InChI is InChI=1S/C12H18N2O3S2/c1-8-4-5-10(12(13)18)6-11(8)19(16,17)14(3)7-9(2)15/h4-6,9,15H,7H2,1-3H3,(H2,13,18). The lowest BCUT2D eigenvalue weighted by Crippen LogP contribution is -2.33. The van der Waals surface area contributed by atoms with Gasteiger partial charge in [-0.25, -0.2) is 8.42 Å². The van der Waals surface area contributed by atoms with Crippen molar-refractivity contribution < 1.29 is 13.5 Å². The van der Waals surface area contributed by atoms with E-state index < -0.39 is 16.1 Å². The Kier molecular flexibility index (Phi) is 5.03. The van der Waals surface area contributed by atoms with Crippen LogP contribution in [0.25, 0.3) is 0 Å². The van der Waals surface area contributed by atoms with Gasteiger partial charge in [-0.05, 0) is 25.5 Å². The number of aryl methyl sites for hydroxylation is 1. The van der Waals surface area contributed by atoms with Gasteiger partial charge in [0.25, 0.3) is 0 Å². The van der Waals surface area contributed by atoms with Crippen LogP contribution in [0.5, 0.6) is 0 Å². The Labute approximate surface area is 119 Å². The largest absolute Gasteiger partial charge is 0.392 e. The minimum atomic E-state index is -3.66. The lowest BCUT2D eigenvalue weighted by Gasteiger charge is -2.20. The molecule has 0 amide bonds. The molecule has 0 aliphatic heterocycles. The molecule has 0 radical (unpaired) electrons. The highest BCUT2D eigenvalue weighted by Crippen LogP contribution is 2.20. The maximum absolute atomic E-state index is 12.4. The zero-order valence-corrected chi connectivity index (χ0v) is 12.8. The van der Waals surface area contributed by atoms with E-state index in [-0.39, 0.29) is 16.4 Å². The van der Waals surface area contributed by atoms with Crippen molar-refractivity contribution in [3.63, 3.8) is 0 Å². The Bertz CT molecular complexity index is 583. The van der Waals surface area contributed by atoms with Crippen molar-refractivity contribution in [3.05, 3.63) is 29.3 Å². The first kappa shape index (κ1) is 16.0. The number of aliphatic hydroxyl groups is 1. The number of nitrogens with zero attached hydrogens (tertiary/aromatic N) is 1. The summed E-state index contributed by atoms with van der Waals surface area (Å²) >= 11 is 4.85. The first-order valence-corrected chi connectivity index (χ1v) is 7.56. The number of likely N-dealkylation sites (N-methyl/N-ethyl adjacent to an activating group) is 1. The number of sulfonamides is 1. The fourth-order valence-electron chi connectivity index (χ4n) is 1.67. The van der Waals surface area contributed by atoms with Crippen molar-refractivity contribution in [1.29, 1.82) is 0 Å². The summed E-state index contributed by atoms with van der Waals surface area (Å²) in [5, 5.41) is 9.30. The van der Waals surface area contributed by atoms with Crippen LogP contribution in [0, 0.1) is 6.92 Å². The average molecular weight is 302 g/mol. The molecule has 5 nitrogen and oxygen atoms in total. The zero-order valence-electron chi connectivity index (χ0n) is 11.1. The third-order valence-electron chi connectivity index (χ3n) is 2.68. The van der Waals surface area contributed by atoms with Crippen molar-refractivity contribution in [2.45, 2.75) is 24.8 Å². The molecule has 19 heavy (non-hydrogen) atoms. The van der Waals surface area contributed by atoms with Crippen LogP contribution in [0.3, 0.4) is 0 Å². The first-order valence-electron chi connectivity index (χ1n) is 5.71. The SMILES string of the molecule is Cc1ccc(C(N)=S)cc1S(=O)(=O)N(C)CC(C)O. The number of hydrogen-bond acceptors (Lipinski definition) is 4. The van der Waals surface area contributed by atoms with Gasteiger partial charge in [0, 0.05) is 19.2 Å². The quantitative estimate of drug-likeness (QED) is 0.780. The topological polar surface area (TPSA) is 83.6 Å². The van der Waals surface area contributed by atoms with Gasteiger partial charge in [0.2, 0.25) is 10.0 Å². The molecule has 0 aromatic heterocycles. The van der Waals surface area contributed by atoms with E-state index in [2.05, 4.69) is 0 Å². The minimum absolute atomic E-state index is 0.0269. The highest BCUT2D eigenvalue weighted by molar-refractivity contribution is 7.89. The number of hydrogen-bond donors (Lipinski definition) is 2. The molecular formula is C12H18N2O3S2. The third-order valence-corrected chi connectivity index (χ3v) is 4.88. The molecule has 106 valence electrons. The molecule has 0 saturated carbocycles. The smallest absolute Gasteiger partial charge is 0.243 e. The summed E-state index contributed by atoms with van der Waals surface area (Å²) in [7, 11) is -2.24. The van der Waals surface area contributed by atoms with E-state index in [4.69, 9.17) is 18.0 Å². The van der Waals surface area contributed by atoms with Crippen LogP contribution in [0.1, 0.15) is 18.1 Å². The molecule has 0 saturated heterocycles. The Balaban J connectivity index is 3.28. The van der Waals surface area contributed by atoms with Crippen molar-refractivity contribution in [2.24, 2.45) is 5.73 Å². The van der Waals surface area contributed by atoms with E-state index >= 15 is 0 Å². The predicted octanol–water partition coefficient (Wildman–Crippen LogP) is 0.631. The van der Waals surface area contributed by atoms with E-state index in [0.29, 0.717) is 11.1 Å². The van der Waals surface area contributed by atoms with Gasteiger partial charge < -0.3 is 10.8 Å². The van der Waals surface area contributed by atoms with Gasteiger partial charge in [0.15, 0.2) is 0 Å². The Morgan fingerprint density at radius 1 is 1.53 bits per heavy atom. The molecule has 1 aromatic rings. The monoisotopic (exact) mass is 302 g/mol. The Morgan fingerprint density at radius 2 is 2.11 bits per heavy atom.